The molecule has 1 aliphatic heterocycles. The third-order valence-corrected chi connectivity index (χ3v) is 2.42. The first-order valence-electron chi connectivity index (χ1n) is 3.89. The number of hydrogen-bond donors (Lipinski definition) is 1. The molecule has 0 aliphatic carbocycles. The average molecular weight is 220 g/mol. The molecule has 4 heteroatoms. The van der Waals surface area contributed by atoms with E-state index in [0.717, 1.165) is 11.1 Å². The number of hydrogen-bond acceptors (Lipinski definition) is 2. The normalized spacial score (nSPS) is 26.0. The first kappa shape index (κ1) is 10.8. The first-order valence-corrected chi connectivity index (χ1v) is 4.33. The van der Waals surface area contributed by atoms with Crippen LogP contribution < -0.4 is 5.73 Å². The maximum absolute atomic E-state index is 5.93. The second-order valence-electron chi connectivity index (χ2n) is 2.88. The molecular weight excluding hydrogens is 209 g/mol. The Balaban J connectivity index is 0.000000845. The Morgan fingerprint density at radius 1 is 1.31 bits per heavy atom. The molecule has 1 aliphatic rings. The lowest BCUT2D eigenvalue weighted by molar-refractivity contribution is 0.0804. The van der Waals surface area contributed by atoms with E-state index in [2.05, 4.69) is 0 Å². The van der Waals surface area contributed by atoms with E-state index >= 15 is 0 Å². The van der Waals surface area contributed by atoms with Crippen molar-refractivity contribution in [3.8, 4) is 0 Å². The molecule has 0 spiro atoms. The van der Waals surface area contributed by atoms with Crippen molar-refractivity contribution in [2.24, 2.45) is 5.73 Å². The minimum atomic E-state index is -0.332. The molecular formula is C9H11Cl2NO. The third kappa shape index (κ3) is 1.97. The van der Waals surface area contributed by atoms with Gasteiger partial charge in [0.2, 0.25) is 0 Å². The van der Waals surface area contributed by atoms with Crippen molar-refractivity contribution in [1.29, 1.82) is 0 Å². The van der Waals surface area contributed by atoms with Crippen LogP contribution in [0, 0.1) is 0 Å². The van der Waals surface area contributed by atoms with Crippen LogP contribution in [0.15, 0.2) is 24.3 Å². The Hall–Kier alpha value is -0.280. The number of nitrogens with two attached hydrogens (primary N) is 1. The molecule has 2 rings (SSSR count). The fourth-order valence-electron chi connectivity index (χ4n) is 1.42. The molecule has 0 saturated heterocycles. The van der Waals surface area contributed by atoms with E-state index in [1.54, 1.807) is 0 Å². The highest BCUT2D eigenvalue weighted by molar-refractivity contribution is 6.20. The Morgan fingerprint density at radius 2 is 1.92 bits per heavy atom. The molecule has 0 bridgehead atoms. The number of fused-ring (bicyclic) bond motifs is 1. The zero-order valence-electron chi connectivity index (χ0n) is 6.94. The van der Waals surface area contributed by atoms with E-state index in [1.165, 1.54) is 0 Å². The summed E-state index contributed by atoms with van der Waals surface area (Å²) in [5.41, 5.74) is 7.59. The number of halogens is 2. The second-order valence-corrected chi connectivity index (χ2v) is 3.28. The predicted octanol–water partition coefficient (Wildman–Crippen LogP) is 2.38. The van der Waals surface area contributed by atoms with Crippen LogP contribution in [0.25, 0.3) is 0 Å². The van der Waals surface area contributed by atoms with Crippen LogP contribution in [-0.2, 0) is 4.74 Å². The van der Waals surface area contributed by atoms with Gasteiger partial charge >= 0.3 is 0 Å². The summed E-state index contributed by atoms with van der Waals surface area (Å²) >= 11 is 5.93. The second kappa shape index (κ2) is 4.29. The van der Waals surface area contributed by atoms with Gasteiger partial charge < -0.3 is 10.5 Å². The molecule has 1 aromatic carbocycles. The van der Waals surface area contributed by atoms with Crippen molar-refractivity contribution in [3.63, 3.8) is 0 Å². The highest BCUT2D eigenvalue weighted by atomic mass is 35.5. The van der Waals surface area contributed by atoms with Crippen molar-refractivity contribution in [3.05, 3.63) is 35.4 Å². The quantitative estimate of drug-likeness (QED) is 0.681. The largest absolute Gasteiger partial charge is 0.356 e. The average Bonchev–Trinajstić information content (AvgIpc) is 2.12. The maximum Gasteiger partial charge on any atom is 0.157 e. The van der Waals surface area contributed by atoms with E-state index < -0.39 is 0 Å². The van der Waals surface area contributed by atoms with Gasteiger partial charge in [0.05, 0.1) is 12.6 Å². The lowest BCUT2D eigenvalue weighted by atomic mass is 10.00. The number of ether oxygens (including phenoxy) is 1. The van der Waals surface area contributed by atoms with Gasteiger partial charge in [-0.2, -0.15) is 0 Å². The van der Waals surface area contributed by atoms with Crippen LogP contribution in [0.1, 0.15) is 22.7 Å². The summed E-state index contributed by atoms with van der Waals surface area (Å²) in [5, 5.41) is 0. The van der Waals surface area contributed by atoms with Crippen LogP contribution >= 0.6 is 24.0 Å². The van der Waals surface area contributed by atoms with Gasteiger partial charge in [-0.15, -0.1) is 12.4 Å². The molecule has 0 saturated carbocycles. The standard InChI is InChI=1S/C9H10ClNO.ClH/c10-9-7-4-2-1-3-6(7)8(11)5-12-9;/h1-4,8-9H,5,11H2;1H. The lowest BCUT2D eigenvalue weighted by Gasteiger charge is -2.25. The monoisotopic (exact) mass is 219 g/mol. The SMILES string of the molecule is Cl.NC1COC(Cl)c2ccccc21. The third-order valence-electron chi connectivity index (χ3n) is 2.06. The summed E-state index contributed by atoms with van der Waals surface area (Å²) in [6.45, 7) is 0.505. The minimum Gasteiger partial charge on any atom is -0.356 e. The first-order chi connectivity index (χ1) is 5.79. The highest BCUT2D eigenvalue weighted by Gasteiger charge is 2.22. The number of rotatable bonds is 0. The molecule has 2 unspecified atom stereocenters. The van der Waals surface area contributed by atoms with Crippen molar-refractivity contribution in [2.75, 3.05) is 6.61 Å². The molecule has 72 valence electrons. The van der Waals surface area contributed by atoms with Crippen LogP contribution in [0.3, 0.4) is 0 Å². The Bertz CT molecular complexity index is 264. The van der Waals surface area contributed by atoms with E-state index in [0.29, 0.717) is 6.61 Å². The molecule has 0 amide bonds. The molecule has 1 aromatic rings. The molecule has 2 N–H and O–H groups in total. The Kier molecular flexibility index (Phi) is 3.56. The van der Waals surface area contributed by atoms with Gasteiger partial charge in [-0.05, 0) is 5.56 Å². The molecule has 1 heterocycles. The van der Waals surface area contributed by atoms with Crippen LogP contribution in [0.5, 0.6) is 0 Å². The zero-order valence-corrected chi connectivity index (χ0v) is 8.52. The Morgan fingerprint density at radius 3 is 2.54 bits per heavy atom. The summed E-state index contributed by atoms with van der Waals surface area (Å²) < 4.78 is 5.26. The fourth-order valence-corrected chi connectivity index (χ4v) is 1.69. The van der Waals surface area contributed by atoms with Gasteiger partial charge in [0, 0.05) is 5.56 Å². The summed E-state index contributed by atoms with van der Waals surface area (Å²) in [6, 6.07) is 7.82. The number of benzene rings is 1. The van der Waals surface area contributed by atoms with E-state index in [9.17, 15) is 0 Å². The summed E-state index contributed by atoms with van der Waals surface area (Å²) in [4.78, 5) is 0. The predicted molar refractivity (Wildman–Crippen MR) is 55.2 cm³/mol. The number of alkyl halides is 1. The summed E-state index contributed by atoms with van der Waals surface area (Å²) in [5.74, 6) is 0. The molecule has 13 heavy (non-hydrogen) atoms. The molecule has 0 aromatic heterocycles. The lowest BCUT2D eigenvalue weighted by Crippen LogP contribution is -2.24. The van der Waals surface area contributed by atoms with E-state index in [1.807, 2.05) is 24.3 Å². The Labute approximate surface area is 88.4 Å². The van der Waals surface area contributed by atoms with Gasteiger partial charge in [0.1, 0.15) is 0 Å². The summed E-state index contributed by atoms with van der Waals surface area (Å²) in [7, 11) is 0. The summed E-state index contributed by atoms with van der Waals surface area (Å²) in [6.07, 6.45) is 0. The van der Waals surface area contributed by atoms with Crippen LogP contribution in [0.4, 0.5) is 0 Å². The van der Waals surface area contributed by atoms with Crippen molar-refractivity contribution in [2.45, 2.75) is 11.6 Å². The fraction of sp³-hybridized carbons (Fsp3) is 0.333. The van der Waals surface area contributed by atoms with Crippen LogP contribution in [0.2, 0.25) is 0 Å². The van der Waals surface area contributed by atoms with E-state index in [4.69, 9.17) is 22.1 Å². The zero-order chi connectivity index (χ0) is 8.55. The molecule has 0 fully saturated rings. The van der Waals surface area contributed by atoms with Crippen LogP contribution in [-0.4, -0.2) is 6.61 Å². The van der Waals surface area contributed by atoms with Crippen molar-refractivity contribution in [1.82, 2.24) is 0 Å². The van der Waals surface area contributed by atoms with Gasteiger partial charge in [0.15, 0.2) is 5.56 Å². The molecule has 2 nitrogen and oxygen atoms in total. The van der Waals surface area contributed by atoms with Gasteiger partial charge in [-0.3, -0.25) is 0 Å². The van der Waals surface area contributed by atoms with Crippen molar-refractivity contribution < 1.29 is 4.74 Å². The maximum atomic E-state index is 5.93. The van der Waals surface area contributed by atoms with E-state index in [-0.39, 0.29) is 24.0 Å². The van der Waals surface area contributed by atoms with Gasteiger partial charge in [0.25, 0.3) is 0 Å². The smallest absolute Gasteiger partial charge is 0.157 e. The van der Waals surface area contributed by atoms with Gasteiger partial charge in [-0.1, -0.05) is 35.9 Å². The molecule has 0 radical (unpaired) electrons. The van der Waals surface area contributed by atoms with Crippen molar-refractivity contribution >= 4 is 24.0 Å². The molecule has 2 atom stereocenters. The topological polar surface area (TPSA) is 35.2 Å². The van der Waals surface area contributed by atoms with Gasteiger partial charge in [-0.25, -0.2) is 0 Å². The minimum absolute atomic E-state index is 0. The highest BCUT2D eigenvalue weighted by Crippen LogP contribution is 2.33.